The zero-order valence-electron chi connectivity index (χ0n) is 10.8. The summed E-state index contributed by atoms with van der Waals surface area (Å²) >= 11 is 0. The van der Waals surface area contributed by atoms with Gasteiger partial charge in [-0.15, -0.1) is 0 Å². The Hall–Kier alpha value is -1.26. The fraction of sp³-hybridized carbons (Fsp3) is 0.571. The number of hydrogen-bond acceptors (Lipinski definition) is 4. The normalized spacial score (nSPS) is 14.8. The molecule has 1 atom stereocenters. The number of para-hydroxylation sites is 1. The first kappa shape index (κ1) is 13.2. The Morgan fingerprint density at radius 2 is 2.28 bits per heavy atom. The van der Waals surface area contributed by atoms with Gasteiger partial charge in [0.25, 0.3) is 0 Å². The van der Waals surface area contributed by atoms with Gasteiger partial charge in [-0.1, -0.05) is 19.1 Å². The van der Waals surface area contributed by atoms with Crippen LogP contribution in [0.25, 0.3) is 0 Å². The molecular formula is C14H21NO3. The van der Waals surface area contributed by atoms with Crippen molar-refractivity contribution in [3.8, 4) is 11.5 Å². The summed E-state index contributed by atoms with van der Waals surface area (Å²) in [7, 11) is 0. The summed E-state index contributed by atoms with van der Waals surface area (Å²) in [5, 5.41) is 12.3. The van der Waals surface area contributed by atoms with E-state index >= 15 is 0 Å². The average Bonchev–Trinajstić information content (AvgIpc) is 2.87. The molecule has 4 nitrogen and oxygen atoms in total. The van der Waals surface area contributed by atoms with E-state index in [0.29, 0.717) is 12.7 Å². The van der Waals surface area contributed by atoms with Crippen molar-refractivity contribution in [2.75, 3.05) is 19.9 Å². The van der Waals surface area contributed by atoms with Crippen molar-refractivity contribution in [3.05, 3.63) is 23.8 Å². The SMILES string of the molecule is CC(CO)CCCNCc1cccc2c1OCO2. The standard InChI is InChI=1S/C14H21NO3/c1-11(9-16)4-3-7-15-8-12-5-2-6-13-14(12)18-10-17-13/h2,5-6,11,15-16H,3-4,7-10H2,1H3. The number of rotatable bonds is 7. The van der Waals surface area contributed by atoms with Crippen molar-refractivity contribution in [2.45, 2.75) is 26.3 Å². The lowest BCUT2D eigenvalue weighted by atomic mass is 10.1. The van der Waals surface area contributed by atoms with Gasteiger partial charge in [-0.05, 0) is 31.4 Å². The predicted octanol–water partition coefficient (Wildman–Crippen LogP) is 1.91. The van der Waals surface area contributed by atoms with E-state index in [4.69, 9.17) is 14.6 Å². The van der Waals surface area contributed by atoms with Gasteiger partial charge in [0.1, 0.15) is 0 Å². The number of aliphatic hydroxyl groups excluding tert-OH is 1. The van der Waals surface area contributed by atoms with Crippen LogP contribution in [0.3, 0.4) is 0 Å². The summed E-state index contributed by atoms with van der Waals surface area (Å²) in [5.41, 5.74) is 1.14. The van der Waals surface area contributed by atoms with E-state index in [-0.39, 0.29) is 6.61 Å². The summed E-state index contributed by atoms with van der Waals surface area (Å²) < 4.78 is 10.8. The maximum atomic E-state index is 8.92. The van der Waals surface area contributed by atoms with E-state index in [2.05, 4.69) is 18.3 Å². The second-order valence-electron chi connectivity index (χ2n) is 4.76. The van der Waals surface area contributed by atoms with Crippen molar-refractivity contribution in [2.24, 2.45) is 5.92 Å². The molecule has 0 aliphatic carbocycles. The number of aliphatic hydroxyl groups is 1. The fourth-order valence-electron chi connectivity index (χ4n) is 2.02. The van der Waals surface area contributed by atoms with Gasteiger partial charge >= 0.3 is 0 Å². The van der Waals surface area contributed by atoms with E-state index in [1.165, 1.54) is 0 Å². The molecule has 1 aliphatic heterocycles. The molecule has 1 aromatic rings. The van der Waals surface area contributed by atoms with E-state index in [1.54, 1.807) is 0 Å². The van der Waals surface area contributed by atoms with Crippen LogP contribution in [0.1, 0.15) is 25.3 Å². The molecule has 1 aliphatic rings. The highest BCUT2D eigenvalue weighted by Crippen LogP contribution is 2.35. The molecule has 1 aromatic carbocycles. The van der Waals surface area contributed by atoms with Gasteiger partial charge in [0.15, 0.2) is 11.5 Å². The Labute approximate surface area is 108 Å². The number of ether oxygens (including phenoxy) is 2. The molecule has 0 aromatic heterocycles. The Balaban J connectivity index is 1.73. The Morgan fingerprint density at radius 1 is 1.39 bits per heavy atom. The van der Waals surface area contributed by atoms with Gasteiger partial charge < -0.3 is 19.9 Å². The highest BCUT2D eigenvalue weighted by molar-refractivity contribution is 5.48. The monoisotopic (exact) mass is 251 g/mol. The molecule has 0 fully saturated rings. The third kappa shape index (κ3) is 3.37. The van der Waals surface area contributed by atoms with Crippen LogP contribution in [-0.2, 0) is 6.54 Å². The number of benzene rings is 1. The van der Waals surface area contributed by atoms with Crippen LogP contribution >= 0.6 is 0 Å². The van der Waals surface area contributed by atoms with Crippen molar-refractivity contribution in [1.29, 1.82) is 0 Å². The average molecular weight is 251 g/mol. The summed E-state index contributed by atoms with van der Waals surface area (Å²) in [6.45, 7) is 4.40. The molecule has 1 heterocycles. The van der Waals surface area contributed by atoms with E-state index in [9.17, 15) is 0 Å². The van der Waals surface area contributed by atoms with E-state index in [1.807, 2.05) is 12.1 Å². The molecule has 0 saturated heterocycles. The lowest BCUT2D eigenvalue weighted by Crippen LogP contribution is -2.16. The van der Waals surface area contributed by atoms with Crippen LogP contribution in [-0.4, -0.2) is 25.1 Å². The molecular weight excluding hydrogens is 230 g/mol. The maximum absolute atomic E-state index is 8.92. The molecule has 0 bridgehead atoms. The van der Waals surface area contributed by atoms with Gasteiger partial charge in [-0.25, -0.2) is 0 Å². The van der Waals surface area contributed by atoms with Crippen LogP contribution in [0.5, 0.6) is 11.5 Å². The molecule has 0 saturated carbocycles. The molecule has 1 unspecified atom stereocenters. The van der Waals surface area contributed by atoms with E-state index in [0.717, 1.165) is 43.0 Å². The van der Waals surface area contributed by atoms with Crippen LogP contribution in [0.4, 0.5) is 0 Å². The summed E-state index contributed by atoms with van der Waals surface area (Å²) in [4.78, 5) is 0. The second-order valence-corrected chi connectivity index (χ2v) is 4.76. The van der Waals surface area contributed by atoms with Crippen molar-refractivity contribution >= 4 is 0 Å². The number of nitrogens with one attached hydrogen (secondary N) is 1. The Bertz CT molecular complexity index is 381. The van der Waals surface area contributed by atoms with Crippen molar-refractivity contribution < 1.29 is 14.6 Å². The maximum Gasteiger partial charge on any atom is 0.231 e. The fourth-order valence-corrected chi connectivity index (χ4v) is 2.02. The topological polar surface area (TPSA) is 50.7 Å². The first-order valence-corrected chi connectivity index (χ1v) is 6.50. The predicted molar refractivity (Wildman–Crippen MR) is 69.8 cm³/mol. The van der Waals surface area contributed by atoms with Gasteiger partial charge in [0, 0.05) is 18.7 Å². The van der Waals surface area contributed by atoms with Crippen molar-refractivity contribution in [3.63, 3.8) is 0 Å². The molecule has 100 valence electrons. The lowest BCUT2D eigenvalue weighted by Gasteiger charge is -2.09. The largest absolute Gasteiger partial charge is 0.454 e. The van der Waals surface area contributed by atoms with Gasteiger partial charge in [-0.3, -0.25) is 0 Å². The highest BCUT2D eigenvalue weighted by atomic mass is 16.7. The molecule has 0 spiro atoms. The quantitative estimate of drug-likeness (QED) is 0.727. The minimum absolute atomic E-state index is 0.275. The third-order valence-electron chi connectivity index (χ3n) is 3.16. The molecule has 2 N–H and O–H groups in total. The number of fused-ring (bicyclic) bond motifs is 1. The van der Waals surface area contributed by atoms with Gasteiger partial charge in [0.05, 0.1) is 0 Å². The van der Waals surface area contributed by atoms with Gasteiger partial charge in [0.2, 0.25) is 6.79 Å². The molecule has 2 rings (SSSR count). The highest BCUT2D eigenvalue weighted by Gasteiger charge is 2.16. The zero-order valence-corrected chi connectivity index (χ0v) is 10.8. The minimum atomic E-state index is 0.275. The first-order valence-electron chi connectivity index (χ1n) is 6.50. The first-order chi connectivity index (χ1) is 8.81. The Kier molecular flexibility index (Phi) is 4.84. The lowest BCUT2D eigenvalue weighted by molar-refractivity contribution is 0.173. The molecule has 0 radical (unpaired) electrons. The Morgan fingerprint density at radius 3 is 3.11 bits per heavy atom. The molecule has 4 heteroatoms. The molecule has 18 heavy (non-hydrogen) atoms. The summed E-state index contributed by atoms with van der Waals surface area (Å²) in [6.07, 6.45) is 2.13. The van der Waals surface area contributed by atoms with Crippen LogP contribution in [0.15, 0.2) is 18.2 Å². The third-order valence-corrected chi connectivity index (χ3v) is 3.16. The molecule has 0 amide bonds. The van der Waals surface area contributed by atoms with Crippen molar-refractivity contribution in [1.82, 2.24) is 5.32 Å². The second kappa shape index (κ2) is 6.61. The minimum Gasteiger partial charge on any atom is -0.454 e. The van der Waals surface area contributed by atoms with Gasteiger partial charge in [-0.2, -0.15) is 0 Å². The van der Waals surface area contributed by atoms with E-state index < -0.39 is 0 Å². The smallest absolute Gasteiger partial charge is 0.231 e. The van der Waals surface area contributed by atoms with Crippen LogP contribution < -0.4 is 14.8 Å². The summed E-state index contributed by atoms with van der Waals surface area (Å²) in [5.74, 6) is 2.10. The summed E-state index contributed by atoms with van der Waals surface area (Å²) in [6, 6.07) is 5.96. The van der Waals surface area contributed by atoms with Crippen LogP contribution in [0.2, 0.25) is 0 Å². The zero-order chi connectivity index (χ0) is 12.8. The van der Waals surface area contributed by atoms with Crippen LogP contribution in [0, 0.1) is 5.92 Å². The number of hydrogen-bond donors (Lipinski definition) is 2.